The average Bonchev–Trinajstić information content (AvgIpc) is 1.35. The van der Waals surface area contributed by atoms with E-state index in [-0.39, 0.29) is 0 Å². The van der Waals surface area contributed by atoms with Crippen LogP contribution in [0.25, 0.3) is 0 Å². The minimum absolute atomic E-state index is 0.329. The summed E-state index contributed by atoms with van der Waals surface area (Å²) in [5.41, 5.74) is 0. The monoisotopic (exact) mass is 196 g/mol. The molecule has 34 valence electrons. The lowest BCUT2D eigenvalue weighted by Gasteiger charge is -1.71. The van der Waals surface area contributed by atoms with E-state index in [1.807, 2.05) is 22.6 Å². The SMILES string of the molecule is C/C=N\C(=N)I. The van der Waals surface area contributed by atoms with Gasteiger partial charge in [-0.25, -0.2) is 4.99 Å². The van der Waals surface area contributed by atoms with Gasteiger partial charge in [0, 0.05) is 28.8 Å². The highest BCUT2D eigenvalue weighted by Crippen LogP contribution is 1.83. The molecule has 0 saturated heterocycles. The zero-order chi connectivity index (χ0) is 4.99. The van der Waals surface area contributed by atoms with E-state index >= 15 is 0 Å². The van der Waals surface area contributed by atoms with Crippen molar-refractivity contribution in [2.75, 3.05) is 0 Å². The first kappa shape index (κ1) is 6.07. The maximum Gasteiger partial charge on any atom is 0.182 e. The second-order valence-corrected chi connectivity index (χ2v) is 1.70. The highest BCUT2D eigenvalue weighted by Gasteiger charge is 1.70. The van der Waals surface area contributed by atoms with Crippen molar-refractivity contribution in [1.29, 1.82) is 5.41 Å². The number of rotatable bonds is 0. The van der Waals surface area contributed by atoms with Gasteiger partial charge in [-0.05, 0) is 6.92 Å². The molecule has 0 aliphatic carbocycles. The fourth-order valence-electron chi connectivity index (χ4n) is 0.113. The molecule has 0 aliphatic heterocycles. The lowest BCUT2D eigenvalue weighted by molar-refractivity contribution is 1.51. The van der Waals surface area contributed by atoms with Crippen molar-refractivity contribution in [2.45, 2.75) is 6.92 Å². The third-order valence-corrected chi connectivity index (χ3v) is 0.521. The third-order valence-electron chi connectivity index (χ3n) is 0.242. The van der Waals surface area contributed by atoms with Crippen LogP contribution < -0.4 is 0 Å². The Morgan fingerprint density at radius 1 is 2.00 bits per heavy atom. The molecule has 0 aromatic rings. The van der Waals surface area contributed by atoms with Gasteiger partial charge in [-0.15, -0.1) is 0 Å². The molecule has 0 aliphatic rings. The molecule has 0 radical (unpaired) electrons. The molecule has 6 heavy (non-hydrogen) atoms. The average molecular weight is 196 g/mol. The van der Waals surface area contributed by atoms with Gasteiger partial charge in [0.2, 0.25) is 0 Å². The summed E-state index contributed by atoms with van der Waals surface area (Å²) in [6.07, 6.45) is 1.59. The number of nitrogens with zero attached hydrogens (tertiary/aromatic N) is 1. The summed E-state index contributed by atoms with van der Waals surface area (Å²) in [6, 6.07) is 0. The molecule has 0 unspecified atom stereocenters. The molecular formula is C3H5IN2. The normalized spacial score (nSPS) is 9.67. The molecular weight excluding hydrogens is 191 g/mol. The van der Waals surface area contributed by atoms with Crippen molar-refractivity contribution >= 4 is 32.6 Å². The van der Waals surface area contributed by atoms with Crippen LogP contribution in [0.4, 0.5) is 0 Å². The second-order valence-electron chi connectivity index (χ2n) is 0.678. The van der Waals surface area contributed by atoms with Crippen LogP contribution in [-0.4, -0.2) is 10.1 Å². The van der Waals surface area contributed by atoms with Crippen LogP contribution in [0.3, 0.4) is 0 Å². The molecule has 0 saturated carbocycles. The Morgan fingerprint density at radius 2 is 2.50 bits per heavy atom. The largest absolute Gasteiger partial charge is 0.277 e. The van der Waals surface area contributed by atoms with Crippen LogP contribution in [0.5, 0.6) is 0 Å². The minimum atomic E-state index is 0.329. The summed E-state index contributed by atoms with van der Waals surface area (Å²) >= 11 is 1.83. The number of amidine groups is 1. The zero-order valence-corrected chi connectivity index (χ0v) is 5.56. The number of nitrogens with one attached hydrogen (secondary N) is 1. The fraction of sp³-hybridized carbons (Fsp3) is 0.333. The lowest BCUT2D eigenvalue weighted by Crippen LogP contribution is -1.70. The topological polar surface area (TPSA) is 36.2 Å². The Bertz CT molecular complexity index is 76.9. The van der Waals surface area contributed by atoms with Gasteiger partial charge < -0.3 is 0 Å². The Morgan fingerprint density at radius 3 is 2.50 bits per heavy atom. The number of hydrogen-bond donors (Lipinski definition) is 1. The van der Waals surface area contributed by atoms with E-state index in [1.54, 1.807) is 13.1 Å². The van der Waals surface area contributed by atoms with E-state index in [9.17, 15) is 0 Å². The summed E-state index contributed by atoms with van der Waals surface area (Å²) in [4.78, 5) is 3.57. The van der Waals surface area contributed by atoms with Crippen molar-refractivity contribution in [1.82, 2.24) is 0 Å². The Hall–Kier alpha value is 0.0700. The van der Waals surface area contributed by atoms with Gasteiger partial charge in [0.25, 0.3) is 0 Å². The Labute approximate surface area is 50.3 Å². The van der Waals surface area contributed by atoms with E-state index < -0.39 is 0 Å². The first-order valence-electron chi connectivity index (χ1n) is 1.50. The van der Waals surface area contributed by atoms with Crippen LogP contribution in [0, 0.1) is 5.41 Å². The third kappa shape index (κ3) is 4.07. The quantitative estimate of drug-likeness (QED) is 0.263. The molecule has 0 amide bonds. The maximum atomic E-state index is 6.68. The van der Waals surface area contributed by atoms with E-state index in [0.717, 1.165) is 0 Å². The molecule has 0 spiro atoms. The number of hydrogen-bond acceptors (Lipinski definition) is 1. The van der Waals surface area contributed by atoms with Crippen LogP contribution in [-0.2, 0) is 0 Å². The summed E-state index contributed by atoms with van der Waals surface area (Å²) in [6.45, 7) is 1.78. The van der Waals surface area contributed by atoms with Crippen molar-refractivity contribution in [3.63, 3.8) is 0 Å². The molecule has 0 atom stereocenters. The van der Waals surface area contributed by atoms with Gasteiger partial charge in [-0.1, -0.05) is 0 Å². The first-order valence-corrected chi connectivity index (χ1v) is 2.58. The molecule has 1 N–H and O–H groups in total. The van der Waals surface area contributed by atoms with Gasteiger partial charge in [0.05, 0.1) is 0 Å². The van der Waals surface area contributed by atoms with Crippen molar-refractivity contribution in [2.24, 2.45) is 4.99 Å². The molecule has 2 nitrogen and oxygen atoms in total. The maximum absolute atomic E-state index is 6.68. The van der Waals surface area contributed by atoms with E-state index in [2.05, 4.69) is 4.99 Å². The van der Waals surface area contributed by atoms with Crippen LogP contribution in [0.1, 0.15) is 6.92 Å². The minimum Gasteiger partial charge on any atom is -0.277 e. The summed E-state index contributed by atoms with van der Waals surface area (Å²) < 4.78 is 0.329. The van der Waals surface area contributed by atoms with E-state index in [1.165, 1.54) is 0 Å². The predicted octanol–water partition coefficient (Wildman–Crippen LogP) is 1.45. The number of halogens is 1. The van der Waals surface area contributed by atoms with Crippen LogP contribution in [0.15, 0.2) is 4.99 Å². The standard InChI is InChI=1S/C3H5IN2/c1-2-6-3(4)5/h2,5H,1H3/b5-3?,6-2-. The van der Waals surface area contributed by atoms with Gasteiger partial charge in [-0.2, -0.15) is 0 Å². The molecule has 0 aromatic carbocycles. The van der Waals surface area contributed by atoms with E-state index in [4.69, 9.17) is 5.41 Å². The van der Waals surface area contributed by atoms with Gasteiger partial charge in [0.1, 0.15) is 0 Å². The highest BCUT2D eigenvalue weighted by atomic mass is 127. The summed E-state index contributed by atoms with van der Waals surface area (Å²) in [7, 11) is 0. The Balaban J connectivity index is 3.30. The van der Waals surface area contributed by atoms with Gasteiger partial charge >= 0.3 is 0 Å². The summed E-state index contributed by atoms with van der Waals surface area (Å²) in [5.74, 6) is 0. The smallest absolute Gasteiger partial charge is 0.182 e. The molecule has 0 fully saturated rings. The zero-order valence-electron chi connectivity index (χ0n) is 3.40. The number of aliphatic imine (C=N–C) groups is 1. The van der Waals surface area contributed by atoms with Crippen LogP contribution >= 0.6 is 22.6 Å². The first-order chi connectivity index (χ1) is 2.77. The van der Waals surface area contributed by atoms with Crippen LogP contribution in [0.2, 0.25) is 0 Å². The van der Waals surface area contributed by atoms with Gasteiger partial charge in [-0.3, -0.25) is 5.41 Å². The summed E-state index contributed by atoms with van der Waals surface area (Å²) in [5, 5.41) is 6.68. The lowest BCUT2D eigenvalue weighted by atomic mass is 10.9. The van der Waals surface area contributed by atoms with Crippen molar-refractivity contribution in [3.05, 3.63) is 0 Å². The Kier molecular flexibility index (Phi) is 3.31. The van der Waals surface area contributed by atoms with Crippen molar-refractivity contribution < 1.29 is 0 Å². The molecule has 0 bridgehead atoms. The molecule has 0 heterocycles. The van der Waals surface area contributed by atoms with Crippen molar-refractivity contribution in [3.8, 4) is 0 Å². The predicted molar refractivity (Wildman–Crippen MR) is 35.9 cm³/mol. The van der Waals surface area contributed by atoms with Gasteiger partial charge in [0.15, 0.2) is 3.84 Å². The molecule has 3 heteroatoms. The highest BCUT2D eigenvalue weighted by molar-refractivity contribution is 14.1. The molecule has 0 aromatic heterocycles. The fourth-order valence-corrected chi connectivity index (χ4v) is 0.392. The molecule has 0 rings (SSSR count). The second kappa shape index (κ2) is 3.27. The van der Waals surface area contributed by atoms with E-state index in [0.29, 0.717) is 3.84 Å².